The summed E-state index contributed by atoms with van der Waals surface area (Å²) in [4.78, 5) is 16.8. The van der Waals surface area contributed by atoms with Gasteiger partial charge >= 0.3 is 0 Å². The number of aromatic nitrogens is 1. The second-order valence-electron chi connectivity index (χ2n) is 3.80. The number of hydrogen-bond acceptors (Lipinski definition) is 2. The van der Waals surface area contributed by atoms with Crippen LogP contribution in [0.2, 0.25) is 0 Å². The number of methoxy groups -OCH3 is 1. The second kappa shape index (κ2) is 4.49. The number of likely N-dealkylation sites (tertiary alicyclic amines) is 1. The van der Waals surface area contributed by atoms with E-state index in [0.717, 1.165) is 25.1 Å². The molecule has 0 saturated carbocycles. The molecule has 1 N–H and O–H groups in total. The van der Waals surface area contributed by atoms with Crippen LogP contribution in [0.4, 0.5) is 0 Å². The van der Waals surface area contributed by atoms with Crippen molar-refractivity contribution < 1.29 is 9.53 Å². The van der Waals surface area contributed by atoms with Crippen LogP contribution in [0.1, 0.15) is 24.6 Å². The first-order chi connectivity index (χ1) is 7.33. The lowest BCUT2D eigenvalue weighted by molar-refractivity contribution is -0.136. The molecule has 1 saturated heterocycles. The molecule has 4 heteroatoms. The Morgan fingerprint density at radius 1 is 1.73 bits per heavy atom. The van der Waals surface area contributed by atoms with E-state index in [1.165, 1.54) is 0 Å². The summed E-state index contributed by atoms with van der Waals surface area (Å²) >= 11 is 0. The number of aromatic amines is 1. The van der Waals surface area contributed by atoms with Crippen molar-refractivity contribution in [1.29, 1.82) is 0 Å². The van der Waals surface area contributed by atoms with E-state index in [1.807, 2.05) is 23.2 Å². The van der Waals surface area contributed by atoms with Crippen molar-refractivity contribution in [3.63, 3.8) is 0 Å². The minimum absolute atomic E-state index is 0.0783. The first kappa shape index (κ1) is 10.2. The number of amides is 1. The molecule has 1 aliphatic heterocycles. The number of ether oxygens (including phenoxy) is 1. The number of rotatable bonds is 3. The van der Waals surface area contributed by atoms with Gasteiger partial charge in [0.15, 0.2) is 0 Å². The Bertz CT molecular complexity index is 321. The van der Waals surface area contributed by atoms with Crippen molar-refractivity contribution in [3.05, 3.63) is 24.0 Å². The van der Waals surface area contributed by atoms with E-state index in [9.17, 15) is 4.79 Å². The predicted molar refractivity (Wildman–Crippen MR) is 56.4 cm³/mol. The van der Waals surface area contributed by atoms with Crippen LogP contribution in [0.15, 0.2) is 18.3 Å². The van der Waals surface area contributed by atoms with Crippen molar-refractivity contribution in [2.45, 2.75) is 18.9 Å². The zero-order chi connectivity index (χ0) is 10.7. The number of carbonyl (C=O) groups excluding carboxylic acids is 1. The fourth-order valence-corrected chi connectivity index (χ4v) is 2.15. The molecule has 1 aromatic rings. The topological polar surface area (TPSA) is 45.3 Å². The van der Waals surface area contributed by atoms with E-state index in [1.54, 1.807) is 7.11 Å². The fourth-order valence-electron chi connectivity index (χ4n) is 2.15. The average molecular weight is 208 g/mol. The van der Waals surface area contributed by atoms with Gasteiger partial charge in [0.2, 0.25) is 5.91 Å². The van der Waals surface area contributed by atoms with Crippen LogP contribution in [0.3, 0.4) is 0 Å². The summed E-state index contributed by atoms with van der Waals surface area (Å²) in [6.45, 7) is 1.02. The van der Waals surface area contributed by atoms with Crippen LogP contribution in [-0.2, 0) is 9.53 Å². The van der Waals surface area contributed by atoms with Crippen molar-refractivity contribution in [2.24, 2.45) is 0 Å². The molecule has 4 nitrogen and oxygen atoms in total. The molecule has 1 atom stereocenters. The summed E-state index contributed by atoms with van der Waals surface area (Å²) in [5.74, 6) is 0.0783. The first-order valence-electron chi connectivity index (χ1n) is 5.24. The zero-order valence-electron chi connectivity index (χ0n) is 8.90. The summed E-state index contributed by atoms with van der Waals surface area (Å²) < 4.78 is 4.88. The lowest BCUT2D eigenvalue weighted by Gasteiger charge is -2.23. The summed E-state index contributed by atoms with van der Waals surface area (Å²) in [7, 11) is 1.55. The molecule has 0 bridgehead atoms. The van der Waals surface area contributed by atoms with Crippen LogP contribution in [0.25, 0.3) is 0 Å². The Morgan fingerprint density at radius 3 is 3.27 bits per heavy atom. The van der Waals surface area contributed by atoms with Gasteiger partial charge in [0.05, 0.1) is 6.04 Å². The number of carbonyl (C=O) groups is 1. The van der Waals surface area contributed by atoms with E-state index >= 15 is 0 Å². The smallest absolute Gasteiger partial charge is 0.249 e. The van der Waals surface area contributed by atoms with Crippen LogP contribution >= 0.6 is 0 Å². The third-order valence-corrected chi connectivity index (χ3v) is 2.82. The number of H-pyrrole nitrogens is 1. The highest BCUT2D eigenvalue weighted by Crippen LogP contribution is 2.30. The standard InChI is InChI=1S/C11H16N2O2/c1-15-8-11(14)13-7-3-5-10(13)9-4-2-6-12-9/h2,4,6,10,12H,3,5,7-8H2,1H3. The first-order valence-corrected chi connectivity index (χ1v) is 5.24. The van der Waals surface area contributed by atoms with E-state index in [-0.39, 0.29) is 18.6 Å². The Hall–Kier alpha value is -1.29. The third-order valence-electron chi connectivity index (χ3n) is 2.82. The minimum atomic E-state index is 0.0783. The van der Waals surface area contributed by atoms with Crippen LogP contribution in [0.5, 0.6) is 0 Å². The third kappa shape index (κ3) is 2.04. The summed E-state index contributed by atoms with van der Waals surface area (Å²) in [6.07, 6.45) is 4.00. The molecule has 0 spiro atoms. The van der Waals surface area contributed by atoms with Gasteiger partial charge in [-0.25, -0.2) is 0 Å². The Morgan fingerprint density at radius 2 is 2.60 bits per heavy atom. The van der Waals surface area contributed by atoms with Gasteiger partial charge in [-0.1, -0.05) is 0 Å². The molecule has 1 amide bonds. The number of nitrogens with zero attached hydrogens (tertiary/aromatic N) is 1. The largest absolute Gasteiger partial charge is 0.375 e. The molecule has 1 unspecified atom stereocenters. The lowest BCUT2D eigenvalue weighted by atomic mass is 10.1. The predicted octanol–water partition coefficient (Wildman–Crippen LogP) is 1.32. The average Bonchev–Trinajstić information content (AvgIpc) is 2.88. The van der Waals surface area contributed by atoms with Gasteiger partial charge in [0.25, 0.3) is 0 Å². The maximum Gasteiger partial charge on any atom is 0.249 e. The molecule has 2 heterocycles. The highest BCUT2D eigenvalue weighted by molar-refractivity contribution is 5.78. The quantitative estimate of drug-likeness (QED) is 0.814. The van der Waals surface area contributed by atoms with E-state index < -0.39 is 0 Å². The SMILES string of the molecule is COCC(=O)N1CCCC1c1ccc[nH]1. The molecule has 0 aromatic carbocycles. The maximum atomic E-state index is 11.7. The molecular formula is C11H16N2O2. The van der Waals surface area contributed by atoms with Crippen molar-refractivity contribution in [1.82, 2.24) is 9.88 Å². The molecule has 82 valence electrons. The summed E-state index contributed by atoms with van der Waals surface area (Å²) in [5, 5.41) is 0. The van der Waals surface area contributed by atoms with E-state index in [4.69, 9.17) is 4.74 Å². The molecule has 15 heavy (non-hydrogen) atoms. The van der Waals surface area contributed by atoms with E-state index in [2.05, 4.69) is 4.98 Å². The highest BCUT2D eigenvalue weighted by Gasteiger charge is 2.29. The van der Waals surface area contributed by atoms with Crippen molar-refractivity contribution in [3.8, 4) is 0 Å². The van der Waals surface area contributed by atoms with Crippen LogP contribution < -0.4 is 0 Å². The maximum absolute atomic E-state index is 11.7. The van der Waals surface area contributed by atoms with Gasteiger partial charge in [-0.15, -0.1) is 0 Å². The monoisotopic (exact) mass is 208 g/mol. The molecular weight excluding hydrogens is 192 g/mol. The molecule has 1 aliphatic rings. The van der Waals surface area contributed by atoms with Crippen molar-refractivity contribution in [2.75, 3.05) is 20.3 Å². The normalized spacial score (nSPS) is 20.9. The Balaban J connectivity index is 2.08. The van der Waals surface area contributed by atoms with Gasteiger partial charge in [-0.2, -0.15) is 0 Å². The van der Waals surface area contributed by atoms with Gasteiger partial charge in [-0.3, -0.25) is 4.79 Å². The Kier molecular flexibility index (Phi) is 3.06. The van der Waals surface area contributed by atoms with Crippen molar-refractivity contribution >= 4 is 5.91 Å². The van der Waals surface area contributed by atoms with Gasteiger partial charge in [0, 0.05) is 25.5 Å². The molecule has 0 aliphatic carbocycles. The van der Waals surface area contributed by atoms with E-state index in [0.29, 0.717) is 0 Å². The molecule has 1 fully saturated rings. The molecule has 2 rings (SSSR count). The summed E-state index contributed by atoms with van der Waals surface area (Å²) in [6, 6.07) is 4.21. The van der Waals surface area contributed by atoms with Gasteiger partial charge in [0.1, 0.15) is 6.61 Å². The van der Waals surface area contributed by atoms with Crippen LogP contribution in [-0.4, -0.2) is 36.1 Å². The zero-order valence-corrected chi connectivity index (χ0v) is 8.90. The fraction of sp³-hybridized carbons (Fsp3) is 0.545. The van der Waals surface area contributed by atoms with Gasteiger partial charge in [-0.05, 0) is 25.0 Å². The highest BCUT2D eigenvalue weighted by atomic mass is 16.5. The van der Waals surface area contributed by atoms with Gasteiger partial charge < -0.3 is 14.6 Å². The molecule has 1 aromatic heterocycles. The number of nitrogens with one attached hydrogen (secondary N) is 1. The minimum Gasteiger partial charge on any atom is -0.375 e. The number of hydrogen-bond donors (Lipinski definition) is 1. The second-order valence-corrected chi connectivity index (χ2v) is 3.80. The molecule has 0 radical (unpaired) electrons. The Labute approximate surface area is 89.2 Å². The van der Waals surface area contributed by atoms with Crippen LogP contribution in [0, 0.1) is 0 Å². The summed E-state index contributed by atoms with van der Waals surface area (Å²) in [5.41, 5.74) is 1.12. The lowest BCUT2D eigenvalue weighted by Crippen LogP contribution is -2.33.